The van der Waals surface area contributed by atoms with Gasteiger partial charge in [0.15, 0.2) is 6.61 Å². The molecule has 0 bridgehead atoms. The molecule has 32 heavy (non-hydrogen) atoms. The minimum absolute atomic E-state index is 0.00762. The fourth-order valence-electron chi connectivity index (χ4n) is 3.60. The van der Waals surface area contributed by atoms with Gasteiger partial charge in [0, 0.05) is 17.6 Å². The first-order chi connectivity index (χ1) is 15.5. The fourth-order valence-corrected chi connectivity index (χ4v) is 4.70. The molecule has 0 spiro atoms. The summed E-state index contributed by atoms with van der Waals surface area (Å²) in [5.41, 5.74) is 1.67. The number of hydrogen-bond acceptors (Lipinski definition) is 5. The maximum Gasteiger partial charge on any atom is 0.293 e. The Morgan fingerprint density at radius 3 is 2.38 bits per heavy atom. The molecule has 2 aliphatic rings. The van der Waals surface area contributed by atoms with E-state index in [1.54, 1.807) is 18.2 Å². The van der Waals surface area contributed by atoms with Crippen LogP contribution < -0.4 is 4.74 Å². The Morgan fingerprint density at radius 1 is 1.00 bits per heavy atom. The van der Waals surface area contributed by atoms with Crippen molar-refractivity contribution in [3.8, 4) is 5.75 Å². The number of ether oxygens (including phenoxy) is 1. The van der Waals surface area contributed by atoms with Gasteiger partial charge in [-0.3, -0.25) is 19.3 Å². The van der Waals surface area contributed by atoms with Crippen LogP contribution in [0, 0.1) is 0 Å². The number of carbonyl (C=O) groups is 3. The van der Waals surface area contributed by atoms with Gasteiger partial charge in [-0.25, -0.2) is 0 Å². The van der Waals surface area contributed by atoms with Crippen molar-refractivity contribution in [1.29, 1.82) is 0 Å². The number of likely N-dealkylation sites (tertiary alicyclic amines) is 1. The molecule has 4 rings (SSSR count). The molecule has 2 fully saturated rings. The van der Waals surface area contributed by atoms with Crippen molar-refractivity contribution >= 4 is 50.8 Å². The van der Waals surface area contributed by atoms with E-state index in [2.05, 4.69) is 15.9 Å². The van der Waals surface area contributed by atoms with Crippen molar-refractivity contribution in [2.24, 2.45) is 0 Å². The van der Waals surface area contributed by atoms with Crippen LogP contribution in [0.4, 0.5) is 4.79 Å². The van der Waals surface area contributed by atoms with E-state index in [4.69, 9.17) is 4.74 Å². The van der Waals surface area contributed by atoms with Crippen molar-refractivity contribution in [3.63, 3.8) is 0 Å². The Hall–Kier alpha value is -2.58. The maximum atomic E-state index is 12.7. The highest BCUT2D eigenvalue weighted by Crippen LogP contribution is 2.33. The number of thioether (sulfide) groups is 1. The van der Waals surface area contributed by atoms with Crippen LogP contribution in [0.2, 0.25) is 0 Å². The van der Waals surface area contributed by atoms with E-state index < -0.39 is 0 Å². The predicted molar refractivity (Wildman–Crippen MR) is 128 cm³/mol. The van der Waals surface area contributed by atoms with Gasteiger partial charge in [0.25, 0.3) is 17.1 Å². The molecule has 2 aromatic carbocycles. The number of nitrogens with zero attached hydrogens (tertiary/aromatic N) is 2. The van der Waals surface area contributed by atoms with Crippen LogP contribution >= 0.6 is 27.7 Å². The first-order valence-corrected chi connectivity index (χ1v) is 12.1. The van der Waals surface area contributed by atoms with Gasteiger partial charge in [0.2, 0.25) is 0 Å². The summed E-state index contributed by atoms with van der Waals surface area (Å²) in [6.07, 6.45) is 4.98. The summed E-state index contributed by atoms with van der Waals surface area (Å²) in [5.74, 6) is 0.305. The molecule has 3 amide bonds. The van der Waals surface area contributed by atoms with Crippen LogP contribution in [0.3, 0.4) is 0 Å². The number of carbonyl (C=O) groups excluding carboxylic acids is 3. The molecule has 0 unspecified atom stereocenters. The van der Waals surface area contributed by atoms with Crippen molar-refractivity contribution < 1.29 is 19.1 Å². The van der Waals surface area contributed by atoms with E-state index >= 15 is 0 Å². The van der Waals surface area contributed by atoms with E-state index in [1.165, 1.54) is 11.3 Å². The van der Waals surface area contributed by atoms with Gasteiger partial charge >= 0.3 is 0 Å². The van der Waals surface area contributed by atoms with Gasteiger partial charge in [-0.2, -0.15) is 0 Å². The molecule has 2 saturated heterocycles. The van der Waals surface area contributed by atoms with Crippen LogP contribution in [0.5, 0.6) is 5.75 Å². The van der Waals surface area contributed by atoms with Crippen LogP contribution in [0.25, 0.3) is 6.08 Å². The van der Waals surface area contributed by atoms with Gasteiger partial charge in [-0.1, -0.05) is 40.2 Å². The molecule has 2 heterocycles. The largest absolute Gasteiger partial charge is 0.484 e. The molecule has 6 nitrogen and oxygen atoms in total. The molecule has 0 aromatic heterocycles. The minimum Gasteiger partial charge on any atom is -0.484 e. The maximum absolute atomic E-state index is 12.7. The molecule has 0 atom stereocenters. The number of rotatable bonds is 6. The highest BCUT2D eigenvalue weighted by molar-refractivity contribution is 9.10. The zero-order chi connectivity index (χ0) is 22.5. The average molecular weight is 515 g/mol. The second kappa shape index (κ2) is 10.4. The third-order valence-electron chi connectivity index (χ3n) is 5.38. The van der Waals surface area contributed by atoms with Gasteiger partial charge in [-0.15, -0.1) is 0 Å². The fraction of sp³-hybridized carbons (Fsp3) is 0.292. The van der Waals surface area contributed by atoms with Gasteiger partial charge in [0.05, 0.1) is 11.4 Å². The predicted octanol–water partition coefficient (Wildman–Crippen LogP) is 5.08. The molecule has 0 aliphatic carbocycles. The lowest BCUT2D eigenvalue weighted by Gasteiger charge is -2.26. The summed E-state index contributed by atoms with van der Waals surface area (Å²) < 4.78 is 6.57. The molecular weight excluding hydrogens is 492 g/mol. The Kier molecular flexibility index (Phi) is 7.32. The molecule has 2 aliphatic heterocycles. The number of amides is 3. The van der Waals surface area contributed by atoms with E-state index in [-0.39, 0.29) is 30.2 Å². The quantitative estimate of drug-likeness (QED) is 0.503. The molecule has 166 valence electrons. The minimum atomic E-state index is -0.296. The average Bonchev–Trinajstić information content (AvgIpc) is 3.07. The van der Waals surface area contributed by atoms with Crippen LogP contribution in [0.15, 0.2) is 57.9 Å². The zero-order valence-electron chi connectivity index (χ0n) is 17.5. The van der Waals surface area contributed by atoms with Crippen LogP contribution in [-0.4, -0.2) is 46.5 Å². The van der Waals surface area contributed by atoms with Crippen LogP contribution in [-0.2, 0) is 16.1 Å². The third-order valence-corrected chi connectivity index (χ3v) is 6.81. The highest BCUT2D eigenvalue weighted by atomic mass is 79.9. The van der Waals surface area contributed by atoms with E-state index in [0.29, 0.717) is 10.7 Å². The van der Waals surface area contributed by atoms with Gasteiger partial charge in [-0.05, 0) is 72.5 Å². The SMILES string of the molecule is O=C(COc1ccc(/C=C2\SC(=O)N(Cc3ccc(Br)cc3)C2=O)cc1)N1CCCCC1. The zero-order valence-corrected chi connectivity index (χ0v) is 19.9. The van der Waals surface area contributed by atoms with E-state index in [9.17, 15) is 14.4 Å². The molecule has 0 N–H and O–H groups in total. The lowest BCUT2D eigenvalue weighted by molar-refractivity contribution is -0.134. The van der Waals surface area contributed by atoms with E-state index in [0.717, 1.165) is 53.3 Å². The van der Waals surface area contributed by atoms with Crippen molar-refractivity contribution in [2.75, 3.05) is 19.7 Å². The second-order valence-electron chi connectivity index (χ2n) is 7.69. The number of halogens is 1. The Bertz CT molecular complexity index is 1030. The smallest absolute Gasteiger partial charge is 0.293 e. The van der Waals surface area contributed by atoms with Gasteiger partial charge in [0.1, 0.15) is 5.75 Å². The standard InChI is InChI=1S/C24H23BrN2O4S/c25-19-8-4-18(5-9-19)15-27-23(29)21(32-24(27)30)14-17-6-10-20(11-7-17)31-16-22(28)26-12-2-1-3-13-26/h4-11,14H,1-3,12-13,15-16H2/b21-14-. The summed E-state index contributed by atoms with van der Waals surface area (Å²) in [4.78, 5) is 40.8. The van der Waals surface area contributed by atoms with Gasteiger partial charge < -0.3 is 9.64 Å². The number of piperidine rings is 1. The second-order valence-corrected chi connectivity index (χ2v) is 9.60. The Labute approximate surface area is 199 Å². The monoisotopic (exact) mass is 514 g/mol. The summed E-state index contributed by atoms with van der Waals surface area (Å²) in [6.45, 7) is 1.87. The normalized spacial score (nSPS) is 17.8. The number of benzene rings is 2. The highest BCUT2D eigenvalue weighted by Gasteiger charge is 2.34. The van der Waals surface area contributed by atoms with Crippen molar-refractivity contribution in [3.05, 3.63) is 69.0 Å². The summed E-state index contributed by atoms with van der Waals surface area (Å²) in [6, 6.07) is 14.7. The summed E-state index contributed by atoms with van der Waals surface area (Å²) in [5, 5.41) is -0.277. The summed E-state index contributed by atoms with van der Waals surface area (Å²) >= 11 is 4.32. The molecular formula is C24H23BrN2O4S. The van der Waals surface area contributed by atoms with Crippen molar-refractivity contribution in [1.82, 2.24) is 9.80 Å². The Morgan fingerprint density at radius 2 is 1.69 bits per heavy atom. The molecule has 2 aromatic rings. The number of imide groups is 1. The van der Waals surface area contributed by atoms with Crippen molar-refractivity contribution in [2.45, 2.75) is 25.8 Å². The first kappa shape index (κ1) is 22.6. The topological polar surface area (TPSA) is 66.9 Å². The summed E-state index contributed by atoms with van der Waals surface area (Å²) in [7, 11) is 0. The molecule has 8 heteroatoms. The third kappa shape index (κ3) is 5.61. The molecule has 0 radical (unpaired) electrons. The Balaban J connectivity index is 1.35. The molecule has 0 saturated carbocycles. The number of hydrogen-bond donors (Lipinski definition) is 0. The van der Waals surface area contributed by atoms with Crippen LogP contribution in [0.1, 0.15) is 30.4 Å². The first-order valence-electron chi connectivity index (χ1n) is 10.5. The van der Waals surface area contributed by atoms with E-state index in [1.807, 2.05) is 41.3 Å². The lowest BCUT2D eigenvalue weighted by Crippen LogP contribution is -2.38. The lowest BCUT2D eigenvalue weighted by atomic mass is 10.1.